The molecule has 0 bridgehead atoms. The molecule has 176 valence electrons. The Bertz CT molecular complexity index is 324. The van der Waals surface area contributed by atoms with E-state index in [-0.39, 0.29) is 0 Å². The fraction of sp³-hybridized carbons (Fsp3) is 0.842. The highest BCUT2D eigenvalue weighted by atomic mass is 16.4. The van der Waals surface area contributed by atoms with Gasteiger partial charge < -0.3 is 46.0 Å². The molecule has 0 aromatic heterocycles. The SMILES string of the molecule is CCCCCCC=CC(=O)O.OCC(CO)(CO)CO.OCC(CO)(CO)CO. The lowest BCUT2D eigenvalue weighted by atomic mass is 9.93. The summed E-state index contributed by atoms with van der Waals surface area (Å²) in [5, 5.41) is 76.2. The molecule has 9 N–H and O–H groups in total. The third kappa shape index (κ3) is 17.5. The number of aliphatic hydroxyl groups excluding tert-OH is 8. The topological polar surface area (TPSA) is 199 Å². The number of carboxylic acids is 1. The zero-order valence-corrected chi connectivity index (χ0v) is 17.3. The van der Waals surface area contributed by atoms with Crippen molar-refractivity contribution in [1.29, 1.82) is 0 Å². The second-order valence-corrected chi connectivity index (χ2v) is 6.85. The largest absolute Gasteiger partial charge is 0.478 e. The molecule has 0 aromatic carbocycles. The minimum atomic E-state index is -1.11. The molecule has 0 heterocycles. The predicted molar refractivity (Wildman–Crippen MR) is 107 cm³/mol. The lowest BCUT2D eigenvalue weighted by Gasteiger charge is -2.23. The summed E-state index contributed by atoms with van der Waals surface area (Å²) in [5.41, 5.74) is -2.22. The van der Waals surface area contributed by atoms with Gasteiger partial charge in [0, 0.05) is 6.08 Å². The summed E-state index contributed by atoms with van der Waals surface area (Å²) in [7, 11) is 0. The molecule has 0 atom stereocenters. The van der Waals surface area contributed by atoms with Crippen LogP contribution in [0.1, 0.15) is 39.0 Å². The molecule has 0 saturated carbocycles. The molecule has 0 amide bonds. The Hall–Kier alpha value is -1.11. The van der Waals surface area contributed by atoms with Gasteiger partial charge >= 0.3 is 5.97 Å². The third-order valence-corrected chi connectivity index (χ3v) is 4.17. The van der Waals surface area contributed by atoms with Gasteiger partial charge in [0.05, 0.1) is 63.7 Å². The van der Waals surface area contributed by atoms with Crippen LogP contribution < -0.4 is 0 Å². The number of rotatable bonds is 14. The number of hydrogen-bond donors (Lipinski definition) is 9. The van der Waals surface area contributed by atoms with E-state index in [4.69, 9.17) is 46.0 Å². The predicted octanol–water partition coefficient (Wildman–Crippen LogP) is -1.52. The Morgan fingerprint density at radius 2 is 1.00 bits per heavy atom. The van der Waals surface area contributed by atoms with Gasteiger partial charge in [-0.3, -0.25) is 0 Å². The molecular formula is C19H40O10. The van der Waals surface area contributed by atoms with Crippen LogP contribution in [0.5, 0.6) is 0 Å². The van der Waals surface area contributed by atoms with Crippen molar-refractivity contribution in [3.63, 3.8) is 0 Å². The van der Waals surface area contributed by atoms with E-state index in [9.17, 15) is 4.79 Å². The molecule has 10 nitrogen and oxygen atoms in total. The first-order valence-electron chi connectivity index (χ1n) is 9.52. The molecule has 0 rings (SSSR count). The number of hydrogen-bond acceptors (Lipinski definition) is 9. The average Bonchev–Trinajstić information content (AvgIpc) is 2.75. The molecule has 0 fully saturated rings. The summed E-state index contributed by atoms with van der Waals surface area (Å²) in [4.78, 5) is 10.0. The zero-order valence-electron chi connectivity index (χ0n) is 17.3. The van der Waals surface area contributed by atoms with E-state index in [1.807, 2.05) is 0 Å². The molecule has 0 unspecified atom stereocenters. The van der Waals surface area contributed by atoms with Gasteiger partial charge in [0.25, 0.3) is 0 Å². The molecule has 0 aliphatic heterocycles. The smallest absolute Gasteiger partial charge is 0.327 e. The van der Waals surface area contributed by atoms with E-state index >= 15 is 0 Å². The molecule has 0 radical (unpaired) electrons. The van der Waals surface area contributed by atoms with Crippen LogP contribution in [-0.2, 0) is 4.79 Å². The van der Waals surface area contributed by atoms with E-state index in [2.05, 4.69) is 6.92 Å². The maximum absolute atomic E-state index is 10.0. The van der Waals surface area contributed by atoms with Crippen molar-refractivity contribution in [3.05, 3.63) is 12.2 Å². The van der Waals surface area contributed by atoms with Crippen molar-refractivity contribution in [2.24, 2.45) is 10.8 Å². The van der Waals surface area contributed by atoms with Gasteiger partial charge in [-0.1, -0.05) is 32.3 Å². The van der Waals surface area contributed by atoms with Gasteiger partial charge in [0.15, 0.2) is 0 Å². The Kier molecular flexibility index (Phi) is 24.2. The van der Waals surface area contributed by atoms with Crippen LogP contribution in [0, 0.1) is 10.8 Å². The van der Waals surface area contributed by atoms with Gasteiger partial charge in [-0.05, 0) is 12.8 Å². The van der Waals surface area contributed by atoms with Crippen LogP contribution >= 0.6 is 0 Å². The molecular weight excluding hydrogens is 388 g/mol. The summed E-state index contributed by atoms with van der Waals surface area (Å²) >= 11 is 0. The molecule has 0 aliphatic carbocycles. The van der Waals surface area contributed by atoms with Gasteiger partial charge in [0.1, 0.15) is 0 Å². The van der Waals surface area contributed by atoms with Crippen molar-refractivity contribution in [3.8, 4) is 0 Å². The van der Waals surface area contributed by atoms with E-state index in [0.717, 1.165) is 12.8 Å². The second-order valence-electron chi connectivity index (χ2n) is 6.85. The van der Waals surface area contributed by atoms with Crippen LogP contribution in [0.3, 0.4) is 0 Å². The van der Waals surface area contributed by atoms with E-state index < -0.39 is 69.7 Å². The van der Waals surface area contributed by atoms with Gasteiger partial charge in [0.2, 0.25) is 0 Å². The Labute approximate surface area is 172 Å². The average molecular weight is 429 g/mol. The molecule has 0 spiro atoms. The summed E-state index contributed by atoms with van der Waals surface area (Å²) in [6, 6.07) is 0. The van der Waals surface area contributed by atoms with Crippen LogP contribution in [0.15, 0.2) is 12.2 Å². The van der Waals surface area contributed by atoms with Crippen molar-refractivity contribution < 1.29 is 50.8 Å². The van der Waals surface area contributed by atoms with Crippen molar-refractivity contribution in [2.75, 3.05) is 52.9 Å². The quantitative estimate of drug-likeness (QED) is 0.116. The normalized spacial score (nSPS) is 11.5. The number of allylic oxidation sites excluding steroid dienone is 1. The molecule has 0 saturated heterocycles. The van der Waals surface area contributed by atoms with Crippen LogP contribution in [0.25, 0.3) is 0 Å². The summed E-state index contributed by atoms with van der Waals surface area (Å²) < 4.78 is 0. The minimum absolute atomic E-state index is 0.406. The maximum Gasteiger partial charge on any atom is 0.327 e. The van der Waals surface area contributed by atoms with E-state index in [1.165, 1.54) is 25.3 Å². The lowest BCUT2D eigenvalue weighted by molar-refractivity contribution is -0.131. The summed E-state index contributed by atoms with van der Waals surface area (Å²) in [6.07, 6.45) is 8.62. The first-order chi connectivity index (χ1) is 13.8. The van der Waals surface area contributed by atoms with Gasteiger partial charge in [-0.2, -0.15) is 0 Å². The lowest BCUT2D eigenvalue weighted by Crippen LogP contribution is -2.37. The Morgan fingerprint density at radius 3 is 1.21 bits per heavy atom. The van der Waals surface area contributed by atoms with Gasteiger partial charge in [-0.25, -0.2) is 4.79 Å². The van der Waals surface area contributed by atoms with E-state index in [1.54, 1.807) is 6.08 Å². The monoisotopic (exact) mass is 428 g/mol. The molecule has 0 aromatic rings. The van der Waals surface area contributed by atoms with Crippen molar-refractivity contribution in [2.45, 2.75) is 39.0 Å². The first kappa shape index (κ1) is 32.6. The van der Waals surface area contributed by atoms with Crippen molar-refractivity contribution >= 4 is 5.97 Å². The second kappa shape index (κ2) is 21.6. The number of unbranched alkanes of at least 4 members (excludes halogenated alkanes) is 4. The zero-order chi connectivity index (χ0) is 23.2. The fourth-order valence-corrected chi connectivity index (χ4v) is 1.47. The fourth-order valence-electron chi connectivity index (χ4n) is 1.47. The molecule has 10 heteroatoms. The number of carbonyl (C=O) groups is 1. The van der Waals surface area contributed by atoms with Crippen LogP contribution in [-0.4, -0.2) is 105 Å². The van der Waals surface area contributed by atoms with E-state index in [0.29, 0.717) is 0 Å². The first-order valence-corrected chi connectivity index (χ1v) is 9.52. The Morgan fingerprint density at radius 1 is 0.655 bits per heavy atom. The summed E-state index contributed by atoms with van der Waals surface area (Å²) in [5.74, 6) is -0.847. The Balaban J connectivity index is -0.000000352. The highest BCUT2D eigenvalue weighted by Crippen LogP contribution is 2.12. The minimum Gasteiger partial charge on any atom is -0.478 e. The molecule has 29 heavy (non-hydrogen) atoms. The highest BCUT2D eigenvalue weighted by Gasteiger charge is 2.27. The number of carboxylic acid groups (broad SMARTS) is 1. The number of aliphatic carboxylic acids is 1. The molecule has 0 aliphatic rings. The highest BCUT2D eigenvalue weighted by molar-refractivity contribution is 5.79. The van der Waals surface area contributed by atoms with Crippen LogP contribution in [0.4, 0.5) is 0 Å². The standard InChI is InChI=1S/C9H16O2.2C5H12O4/c1-2-3-4-5-6-7-8-9(10)11;2*6-1-5(2-7,3-8)4-9/h7-8H,2-6H2,1H3,(H,10,11);2*6-9H,1-4H2. The third-order valence-electron chi connectivity index (χ3n) is 4.17. The number of aliphatic hydroxyl groups is 8. The van der Waals surface area contributed by atoms with Crippen LogP contribution in [0.2, 0.25) is 0 Å². The summed E-state index contributed by atoms with van der Waals surface area (Å²) in [6.45, 7) is -1.09. The van der Waals surface area contributed by atoms with Crippen molar-refractivity contribution in [1.82, 2.24) is 0 Å². The maximum atomic E-state index is 10.0. The van der Waals surface area contributed by atoms with Gasteiger partial charge in [-0.15, -0.1) is 0 Å².